The minimum Gasteiger partial charge on any atom is -0.449 e. The third-order valence-electron chi connectivity index (χ3n) is 3.63. The van der Waals surface area contributed by atoms with E-state index < -0.39 is 0 Å². The summed E-state index contributed by atoms with van der Waals surface area (Å²) in [5, 5.41) is 3.54. The summed E-state index contributed by atoms with van der Waals surface area (Å²) in [5.74, 6) is 0.679. The predicted molar refractivity (Wildman–Crippen MR) is 62.3 cm³/mol. The zero-order valence-electron chi connectivity index (χ0n) is 10.2. The van der Waals surface area contributed by atoms with E-state index in [2.05, 4.69) is 19.2 Å². The van der Waals surface area contributed by atoms with Crippen molar-refractivity contribution in [2.75, 3.05) is 19.7 Å². The summed E-state index contributed by atoms with van der Waals surface area (Å²) >= 11 is 0. The molecular formula is C12H22N2O2. The first kappa shape index (κ1) is 11.7. The summed E-state index contributed by atoms with van der Waals surface area (Å²) in [6.07, 6.45) is 3.08. The fourth-order valence-electron chi connectivity index (χ4n) is 2.63. The smallest absolute Gasteiger partial charge is 0.409 e. The normalized spacial score (nSPS) is 32.9. The highest BCUT2D eigenvalue weighted by molar-refractivity contribution is 5.68. The molecule has 3 atom stereocenters. The number of hydrogen-bond donors (Lipinski definition) is 1. The number of carbonyl (C=O) groups excluding carboxylic acids is 1. The quantitative estimate of drug-likeness (QED) is 0.743. The molecule has 2 aliphatic heterocycles. The van der Waals surface area contributed by atoms with E-state index in [9.17, 15) is 4.79 Å². The van der Waals surface area contributed by atoms with Crippen LogP contribution in [0.2, 0.25) is 0 Å². The Morgan fingerprint density at radius 1 is 1.50 bits per heavy atom. The monoisotopic (exact) mass is 226 g/mol. The second kappa shape index (κ2) is 5.04. The van der Waals surface area contributed by atoms with E-state index in [-0.39, 0.29) is 6.09 Å². The standard InChI is InChI=1S/C12H22N2O2/c1-3-4-5-16-12(15)14-7-10-6-9(2)11(8-14)13-10/h9-11,13H,3-8H2,1-2H3. The number of rotatable bonds is 3. The van der Waals surface area contributed by atoms with Crippen LogP contribution in [-0.4, -0.2) is 42.8 Å². The molecule has 0 aromatic carbocycles. The van der Waals surface area contributed by atoms with Gasteiger partial charge in [0.05, 0.1) is 6.61 Å². The molecule has 2 heterocycles. The lowest BCUT2D eigenvalue weighted by molar-refractivity contribution is 0.0873. The van der Waals surface area contributed by atoms with Crippen molar-refractivity contribution in [1.82, 2.24) is 10.2 Å². The molecule has 2 bridgehead atoms. The van der Waals surface area contributed by atoms with Gasteiger partial charge in [0, 0.05) is 25.2 Å². The van der Waals surface area contributed by atoms with Crippen LogP contribution >= 0.6 is 0 Å². The molecule has 4 nitrogen and oxygen atoms in total. The van der Waals surface area contributed by atoms with Gasteiger partial charge in [0.1, 0.15) is 0 Å². The minimum absolute atomic E-state index is 0.126. The van der Waals surface area contributed by atoms with Gasteiger partial charge in [0.25, 0.3) is 0 Å². The molecule has 0 spiro atoms. The van der Waals surface area contributed by atoms with Crippen LogP contribution in [0, 0.1) is 5.92 Å². The zero-order chi connectivity index (χ0) is 11.5. The Morgan fingerprint density at radius 2 is 2.31 bits per heavy atom. The van der Waals surface area contributed by atoms with Crippen LogP contribution in [0.15, 0.2) is 0 Å². The number of amides is 1. The second-order valence-electron chi connectivity index (χ2n) is 5.06. The van der Waals surface area contributed by atoms with Gasteiger partial charge in [0.15, 0.2) is 0 Å². The van der Waals surface area contributed by atoms with Gasteiger partial charge in [-0.3, -0.25) is 0 Å². The first-order valence-corrected chi connectivity index (χ1v) is 6.38. The molecule has 16 heavy (non-hydrogen) atoms. The highest BCUT2D eigenvalue weighted by Gasteiger charge is 2.39. The lowest BCUT2D eigenvalue weighted by Crippen LogP contribution is -2.53. The molecule has 92 valence electrons. The maximum atomic E-state index is 11.8. The number of unbranched alkanes of at least 4 members (excludes halogenated alkanes) is 1. The molecular weight excluding hydrogens is 204 g/mol. The third-order valence-corrected chi connectivity index (χ3v) is 3.63. The number of carbonyl (C=O) groups is 1. The van der Waals surface area contributed by atoms with E-state index in [1.54, 1.807) is 0 Å². The Hall–Kier alpha value is -0.770. The summed E-state index contributed by atoms with van der Waals surface area (Å²) in [5.41, 5.74) is 0. The van der Waals surface area contributed by atoms with Gasteiger partial charge in [-0.25, -0.2) is 4.79 Å². The van der Waals surface area contributed by atoms with Gasteiger partial charge in [-0.15, -0.1) is 0 Å². The Bertz CT molecular complexity index is 255. The number of fused-ring (bicyclic) bond motifs is 2. The molecule has 0 saturated carbocycles. The van der Waals surface area contributed by atoms with Crippen molar-refractivity contribution in [1.29, 1.82) is 0 Å². The van der Waals surface area contributed by atoms with Crippen molar-refractivity contribution in [3.05, 3.63) is 0 Å². The Kier molecular flexibility index (Phi) is 3.69. The average Bonchev–Trinajstić information content (AvgIpc) is 2.52. The lowest BCUT2D eigenvalue weighted by Gasteiger charge is -2.32. The molecule has 1 amide bonds. The van der Waals surface area contributed by atoms with Crippen LogP contribution in [0.25, 0.3) is 0 Å². The van der Waals surface area contributed by atoms with E-state index in [1.807, 2.05) is 4.90 Å². The molecule has 2 saturated heterocycles. The fourth-order valence-corrected chi connectivity index (χ4v) is 2.63. The molecule has 0 aromatic rings. The van der Waals surface area contributed by atoms with Crippen molar-refractivity contribution in [3.8, 4) is 0 Å². The first-order valence-electron chi connectivity index (χ1n) is 6.38. The van der Waals surface area contributed by atoms with Gasteiger partial charge in [-0.05, 0) is 18.8 Å². The zero-order valence-corrected chi connectivity index (χ0v) is 10.2. The number of likely N-dealkylation sites (tertiary alicyclic amines) is 1. The molecule has 1 N–H and O–H groups in total. The van der Waals surface area contributed by atoms with Gasteiger partial charge >= 0.3 is 6.09 Å². The van der Waals surface area contributed by atoms with E-state index in [4.69, 9.17) is 4.74 Å². The second-order valence-corrected chi connectivity index (χ2v) is 5.06. The predicted octanol–water partition coefficient (Wildman–Crippen LogP) is 1.61. The van der Waals surface area contributed by atoms with Crippen molar-refractivity contribution in [3.63, 3.8) is 0 Å². The molecule has 4 heteroatoms. The molecule has 0 aromatic heterocycles. The Balaban J connectivity index is 1.80. The summed E-state index contributed by atoms with van der Waals surface area (Å²) in [6.45, 7) is 6.53. The van der Waals surface area contributed by atoms with Crippen LogP contribution < -0.4 is 5.32 Å². The van der Waals surface area contributed by atoms with Gasteiger partial charge in [-0.1, -0.05) is 20.3 Å². The number of piperazine rings is 1. The first-order chi connectivity index (χ1) is 7.70. The van der Waals surface area contributed by atoms with Crippen LogP contribution in [0.5, 0.6) is 0 Å². The molecule has 2 fully saturated rings. The van der Waals surface area contributed by atoms with Crippen LogP contribution in [-0.2, 0) is 4.74 Å². The summed E-state index contributed by atoms with van der Waals surface area (Å²) in [7, 11) is 0. The minimum atomic E-state index is -0.126. The topological polar surface area (TPSA) is 41.6 Å². The average molecular weight is 226 g/mol. The molecule has 3 unspecified atom stereocenters. The van der Waals surface area contributed by atoms with Gasteiger partial charge < -0.3 is 15.0 Å². The van der Waals surface area contributed by atoms with E-state index in [0.717, 1.165) is 25.9 Å². The Labute approximate surface area is 97.3 Å². The van der Waals surface area contributed by atoms with E-state index >= 15 is 0 Å². The summed E-state index contributed by atoms with van der Waals surface area (Å²) in [6, 6.07) is 0.949. The largest absolute Gasteiger partial charge is 0.449 e. The van der Waals surface area contributed by atoms with Crippen molar-refractivity contribution in [2.45, 2.75) is 45.2 Å². The van der Waals surface area contributed by atoms with Gasteiger partial charge in [-0.2, -0.15) is 0 Å². The van der Waals surface area contributed by atoms with Crippen molar-refractivity contribution >= 4 is 6.09 Å². The number of ether oxygens (including phenoxy) is 1. The maximum absolute atomic E-state index is 11.8. The Morgan fingerprint density at radius 3 is 3.00 bits per heavy atom. The SMILES string of the molecule is CCCCOC(=O)N1CC2CC(C)C(C1)N2. The van der Waals surface area contributed by atoms with E-state index in [1.165, 1.54) is 6.42 Å². The third kappa shape index (κ3) is 2.48. The van der Waals surface area contributed by atoms with Crippen LogP contribution in [0.3, 0.4) is 0 Å². The number of nitrogens with one attached hydrogen (secondary N) is 1. The van der Waals surface area contributed by atoms with Gasteiger partial charge in [0.2, 0.25) is 0 Å². The highest BCUT2D eigenvalue weighted by Crippen LogP contribution is 2.26. The fraction of sp³-hybridized carbons (Fsp3) is 0.917. The summed E-state index contributed by atoms with van der Waals surface area (Å²) in [4.78, 5) is 13.6. The number of hydrogen-bond acceptors (Lipinski definition) is 3. The molecule has 2 rings (SSSR count). The molecule has 2 aliphatic rings. The van der Waals surface area contributed by atoms with Crippen LogP contribution in [0.1, 0.15) is 33.1 Å². The number of nitrogens with zero attached hydrogens (tertiary/aromatic N) is 1. The maximum Gasteiger partial charge on any atom is 0.409 e. The highest BCUT2D eigenvalue weighted by atomic mass is 16.6. The van der Waals surface area contributed by atoms with E-state index in [0.29, 0.717) is 24.6 Å². The molecule has 0 radical (unpaired) electrons. The lowest BCUT2D eigenvalue weighted by atomic mass is 10.0. The van der Waals surface area contributed by atoms with Crippen molar-refractivity contribution < 1.29 is 9.53 Å². The van der Waals surface area contributed by atoms with Crippen molar-refractivity contribution in [2.24, 2.45) is 5.92 Å². The van der Waals surface area contributed by atoms with Crippen LogP contribution in [0.4, 0.5) is 4.79 Å². The summed E-state index contributed by atoms with van der Waals surface area (Å²) < 4.78 is 5.24. The molecule has 0 aliphatic carbocycles.